The van der Waals surface area contributed by atoms with E-state index in [2.05, 4.69) is 16.3 Å². The lowest BCUT2D eigenvalue weighted by atomic mass is 9.92. The average Bonchev–Trinajstić information content (AvgIpc) is 3.33. The summed E-state index contributed by atoms with van der Waals surface area (Å²) in [5.74, 6) is -1.36. The molecule has 2 aromatic rings. The molecule has 3 aliphatic rings. The summed E-state index contributed by atoms with van der Waals surface area (Å²) in [5, 5.41) is 33.0. The number of hydrogen-bond donors (Lipinski definition) is 3. The Labute approximate surface area is 198 Å². The number of fused-ring (bicyclic) bond motifs is 1. The second-order valence-electron chi connectivity index (χ2n) is 9.60. The van der Waals surface area contributed by atoms with E-state index in [1.165, 1.54) is 4.90 Å². The largest absolute Gasteiger partial charge is 0.380 e. The van der Waals surface area contributed by atoms with Gasteiger partial charge in [0.1, 0.15) is 6.07 Å². The van der Waals surface area contributed by atoms with Crippen LogP contribution in [0.25, 0.3) is 0 Å². The quantitative estimate of drug-likeness (QED) is 0.619. The third-order valence-corrected chi connectivity index (χ3v) is 7.60. The highest BCUT2D eigenvalue weighted by Crippen LogP contribution is 2.54. The van der Waals surface area contributed by atoms with Gasteiger partial charge in [-0.15, -0.1) is 0 Å². The highest BCUT2D eigenvalue weighted by molar-refractivity contribution is 5.91. The average molecular weight is 461 g/mol. The molecular formula is C26H28N4O4. The number of anilines is 1. The number of hydrogen-bond acceptors (Lipinski definition) is 6. The van der Waals surface area contributed by atoms with Gasteiger partial charge in [-0.05, 0) is 47.9 Å². The van der Waals surface area contributed by atoms with Gasteiger partial charge in [0.2, 0.25) is 0 Å². The Balaban J connectivity index is 1.13. The first kappa shape index (κ1) is 22.4. The van der Waals surface area contributed by atoms with Crippen LogP contribution in [0, 0.1) is 16.7 Å². The summed E-state index contributed by atoms with van der Waals surface area (Å²) in [7, 11) is 0. The summed E-state index contributed by atoms with van der Waals surface area (Å²) < 4.78 is 0. The number of aliphatic hydroxyl groups is 2. The first-order chi connectivity index (χ1) is 16.4. The Hall–Kier alpha value is -3.41. The summed E-state index contributed by atoms with van der Waals surface area (Å²) in [5.41, 5.74) is 3.57. The molecule has 0 radical (unpaired) electrons. The number of nitrogens with zero attached hydrogens (tertiary/aromatic N) is 3. The van der Waals surface area contributed by atoms with Gasteiger partial charge < -0.3 is 25.3 Å². The smallest absolute Gasteiger partial charge is 0.255 e. The van der Waals surface area contributed by atoms with E-state index in [0.717, 1.165) is 49.2 Å². The molecule has 2 fully saturated rings. The molecule has 2 amide bonds. The summed E-state index contributed by atoms with van der Waals surface area (Å²) in [6, 6.07) is 17.3. The van der Waals surface area contributed by atoms with Crippen LogP contribution in [0.1, 0.15) is 36.0 Å². The summed E-state index contributed by atoms with van der Waals surface area (Å²) in [6.45, 7) is 2.28. The first-order valence-electron chi connectivity index (χ1n) is 11.7. The van der Waals surface area contributed by atoms with Gasteiger partial charge in [-0.2, -0.15) is 5.26 Å². The van der Waals surface area contributed by atoms with Crippen molar-refractivity contribution >= 4 is 17.5 Å². The van der Waals surface area contributed by atoms with Crippen LogP contribution >= 0.6 is 0 Å². The Bertz CT molecular complexity index is 1130. The van der Waals surface area contributed by atoms with Gasteiger partial charge >= 0.3 is 0 Å². The van der Waals surface area contributed by atoms with Crippen molar-refractivity contribution in [2.75, 3.05) is 18.0 Å². The molecule has 1 spiro atoms. The number of nitrogens with one attached hydrogen (secondary N) is 1. The number of amides is 2. The molecule has 2 aromatic carbocycles. The molecule has 34 heavy (non-hydrogen) atoms. The van der Waals surface area contributed by atoms with Gasteiger partial charge in [-0.1, -0.05) is 36.4 Å². The lowest BCUT2D eigenvalue weighted by molar-refractivity contribution is -0.153. The number of nitriles is 1. The summed E-state index contributed by atoms with van der Waals surface area (Å²) in [6.07, 6.45) is -1.07. The van der Waals surface area contributed by atoms with Crippen molar-refractivity contribution in [1.82, 2.24) is 10.2 Å². The van der Waals surface area contributed by atoms with E-state index in [1.54, 1.807) is 0 Å². The summed E-state index contributed by atoms with van der Waals surface area (Å²) >= 11 is 0. The Morgan fingerprint density at radius 2 is 1.62 bits per heavy atom. The third-order valence-electron chi connectivity index (χ3n) is 7.60. The normalized spacial score (nSPS) is 22.0. The number of para-hydroxylation sites is 1. The molecule has 176 valence electrons. The Morgan fingerprint density at radius 1 is 1.00 bits per heavy atom. The van der Waals surface area contributed by atoms with Crippen molar-refractivity contribution in [1.29, 1.82) is 5.26 Å². The topological polar surface area (TPSA) is 117 Å². The van der Waals surface area contributed by atoms with Crippen molar-refractivity contribution < 1.29 is 19.8 Å². The molecule has 0 aromatic heterocycles. The number of carbonyl (C=O) groups excluding carboxylic acids is 2. The lowest BCUT2D eigenvalue weighted by Gasteiger charge is -2.35. The molecule has 8 nitrogen and oxygen atoms in total. The second kappa shape index (κ2) is 8.75. The third kappa shape index (κ3) is 4.02. The predicted octanol–water partition coefficient (Wildman–Crippen LogP) is 1.30. The standard InChI is InChI=1S/C26H28N4O4/c27-14-17-5-3-4-8-20(17)29-11-9-26(10-12-29)13-21(26)28-24(33)22(31)23(32)25(34)30-15-18-6-1-2-7-19(18)16-30/h1-8,21-23,31-32H,9-13,15-16H2,(H,28,33)/t21?,22-,23-/m1/s1. The van der Waals surface area contributed by atoms with Gasteiger partial charge in [0.05, 0.1) is 11.3 Å². The van der Waals surface area contributed by atoms with E-state index in [4.69, 9.17) is 0 Å². The van der Waals surface area contributed by atoms with Crippen LogP contribution in [-0.4, -0.2) is 58.3 Å². The fourth-order valence-electron chi connectivity index (χ4n) is 5.35. The van der Waals surface area contributed by atoms with Crippen LogP contribution in [0.3, 0.4) is 0 Å². The van der Waals surface area contributed by atoms with Gasteiger partial charge in [0.15, 0.2) is 12.2 Å². The van der Waals surface area contributed by atoms with Gasteiger partial charge in [0, 0.05) is 32.2 Å². The minimum atomic E-state index is -1.81. The molecule has 8 heteroatoms. The van der Waals surface area contributed by atoms with Crippen LogP contribution in [-0.2, 0) is 22.7 Å². The molecule has 2 aliphatic heterocycles. The van der Waals surface area contributed by atoms with Crippen LogP contribution in [0.5, 0.6) is 0 Å². The van der Waals surface area contributed by atoms with Crippen LogP contribution in [0.2, 0.25) is 0 Å². The number of carbonyl (C=O) groups is 2. The number of rotatable bonds is 5. The van der Waals surface area contributed by atoms with Crippen LogP contribution in [0.4, 0.5) is 5.69 Å². The van der Waals surface area contributed by atoms with E-state index < -0.39 is 24.0 Å². The van der Waals surface area contributed by atoms with Crippen LogP contribution < -0.4 is 10.2 Å². The molecule has 2 heterocycles. The molecule has 1 aliphatic carbocycles. The lowest BCUT2D eigenvalue weighted by Crippen LogP contribution is -2.51. The molecule has 1 saturated heterocycles. The first-order valence-corrected chi connectivity index (χ1v) is 11.7. The Morgan fingerprint density at radius 3 is 2.26 bits per heavy atom. The minimum absolute atomic E-state index is 0.0287. The zero-order valence-corrected chi connectivity index (χ0v) is 18.9. The predicted molar refractivity (Wildman–Crippen MR) is 124 cm³/mol. The molecular weight excluding hydrogens is 432 g/mol. The number of aliphatic hydroxyl groups excluding tert-OH is 2. The van der Waals surface area contributed by atoms with Crippen molar-refractivity contribution in [3.8, 4) is 6.07 Å². The Kier molecular flexibility index (Phi) is 5.76. The highest BCUT2D eigenvalue weighted by Gasteiger charge is 2.56. The van der Waals surface area contributed by atoms with Crippen molar-refractivity contribution in [3.05, 3.63) is 65.2 Å². The molecule has 5 rings (SSSR count). The monoisotopic (exact) mass is 460 g/mol. The number of benzene rings is 2. The maximum atomic E-state index is 12.7. The van der Waals surface area contributed by atoms with Gasteiger partial charge in [-0.25, -0.2) is 0 Å². The zero-order chi connectivity index (χ0) is 23.9. The molecule has 0 bridgehead atoms. The van der Waals surface area contributed by atoms with Gasteiger partial charge in [-0.3, -0.25) is 9.59 Å². The van der Waals surface area contributed by atoms with Crippen LogP contribution in [0.15, 0.2) is 48.5 Å². The molecule has 3 N–H and O–H groups in total. The van der Waals surface area contributed by atoms with E-state index in [9.17, 15) is 25.1 Å². The van der Waals surface area contributed by atoms with Crippen molar-refractivity contribution in [2.45, 2.75) is 50.6 Å². The van der Waals surface area contributed by atoms with E-state index in [-0.39, 0.29) is 11.5 Å². The molecule has 3 atom stereocenters. The van der Waals surface area contributed by atoms with E-state index in [0.29, 0.717) is 18.7 Å². The molecule has 1 unspecified atom stereocenters. The second-order valence-corrected chi connectivity index (χ2v) is 9.60. The van der Waals surface area contributed by atoms with Gasteiger partial charge in [0.25, 0.3) is 11.8 Å². The number of piperidine rings is 1. The van der Waals surface area contributed by atoms with Crippen molar-refractivity contribution in [2.24, 2.45) is 5.41 Å². The van der Waals surface area contributed by atoms with Crippen molar-refractivity contribution in [3.63, 3.8) is 0 Å². The fraction of sp³-hybridized carbons (Fsp3) is 0.423. The molecule has 1 saturated carbocycles. The maximum Gasteiger partial charge on any atom is 0.255 e. The fourth-order valence-corrected chi connectivity index (χ4v) is 5.35. The maximum absolute atomic E-state index is 12.7. The zero-order valence-electron chi connectivity index (χ0n) is 18.9. The minimum Gasteiger partial charge on any atom is -0.380 e. The summed E-state index contributed by atoms with van der Waals surface area (Å²) in [4.78, 5) is 29.0. The van der Waals surface area contributed by atoms with E-state index >= 15 is 0 Å². The van der Waals surface area contributed by atoms with E-state index in [1.807, 2.05) is 48.5 Å². The SMILES string of the molecule is N#Cc1ccccc1N1CCC2(CC1)CC2NC(=O)[C@H](O)[C@@H](O)C(=O)N1Cc2ccccc2C1. The highest BCUT2D eigenvalue weighted by atomic mass is 16.3.